The third-order valence-corrected chi connectivity index (χ3v) is 4.48. The van der Waals surface area contributed by atoms with Gasteiger partial charge >= 0.3 is 0 Å². The fourth-order valence-electron chi connectivity index (χ4n) is 2.97. The molecule has 1 fully saturated rings. The number of rotatable bonds is 8. The average Bonchev–Trinajstić information content (AvgIpc) is 2.58. The van der Waals surface area contributed by atoms with Gasteiger partial charge < -0.3 is 15.1 Å². The highest BCUT2D eigenvalue weighted by atomic mass is 16.2. The van der Waals surface area contributed by atoms with E-state index in [1.165, 1.54) is 5.56 Å². The quantitative estimate of drug-likeness (QED) is 0.786. The van der Waals surface area contributed by atoms with Crippen molar-refractivity contribution in [1.82, 2.24) is 15.1 Å². The van der Waals surface area contributed by atoms with Crippen molar-refractivity contribution in [3.05, 3.63) is 35.9 Å². The summed E-state index contributed by atoms with van der Waals surface area (Å²) in [5.41, 5.74) is 1.31. The van der Waals surface area contributed by atoms with Crippen LogP contribution in [0, 0.1) is 5.92 Å². The van der Waals surface area contributed by atoms with Gasteiger partial charge in [-0.1, -0.05) is 30.3 Å². The molecule has 132 valence electrons. The Morgan fingerprint density at radius 1 is 1.17 bits per heavy atom. The molecule has 24 heavy (non-hydrogen) atoms. The summed E-state index contributed by atoms with van der Waals surface area (Å²) in [6.45, 7) is 2.85. The van der Waals surface area contributed by atoms with Crippen molar-refractivity contribution < 1.29 is 9.59 Å². The van der Waals surface area contributed by atoms with Gasteiger partial charge in [0.15, 0.2) is 0 Å². The van der Waals surface area contributed by atoms with Crippen molar-refractivity contribution in [1.29, 1.82) is 0 Å². The Bertz CT molecular complexity index is 521. The molecule has 1 saturated heterocycles. The van der Waals surface area contributed by atoms with Gasteiger partial charge in [0.25, 0.3) is 0 Å². The Labute approximate surface area is 145 Å². The van der Waals surface area contributed by atoms with Gasteiger partial charge in [-0.15, -0.1) is 0 Å². The van der Waals surface area contributed by atoms with E-state index in [1.54, 1.807) is 0 Å². The fraction of sp³-hybridized carbons (Fsp3) is 0.579. The second kappa shape index (κ2) is 9.42. The minimum atomic E-state index is -0.0680. The molecule has 2 amide bonds. The third kappa shape index (κ3) is 5.96. The van der Waals surface area contributed by atoms with Crippen LogP contribution in [0.15, 0.2) is 30.3 Å². The second-order valence-corrected chi connectivity index (χ2v) is 6.76. The summed E-state index contributed by atoms with van der Waals surface area (Å²) in [5, 5.41) is 2.82. The molecule has 5 heteroatoms. The molecule has 2 rings (SSSR count). The van der Waals surface area contributed by atoms with Crippen LogP contribution in [0.3, 0.4) is 0 Å². The summed E-state index contributed by atoms with van der Waals surface area (Å²) < 4.78 is 0. The Kier molecular flexibility index (Phi) is 7.25. The van der Waals surface area contributed by atoms with E-state index >= 15 is 0 Å². The van der Waals surface area contributed by atoms with E-state index in [0.717, 1.165) is 32.5 Å². The molecular formula is C19H29N3O2. The summed E-state index contributed by atoms with van der Waals surface area (Å²) in [4.78, 5) is 28.2. The Morgan fingerprint density at radius 2 is 1.92 bits per heavy atom. The van der Waals surface area contributed by atoms with Crippen LogP contribution in [0.4, 0.5) is 0 Å². The Morgan fingerprint density at radius 3 is 2.54 bits per heavy atom. The summed E-state index contributed by atoms with van der Waals surface area (Å²) >= 11 is 0. The van der Waals surface area contributed by atoms with Gasteiger partial charge in [0.2, 0.25) is 11.8 Å². The van der Waals surface area contributed by atoms with Gasteiger partial charge in [-0.3, -0.25) is 9.59 Å². The molecule has 0 aliphatic carbocycles. The van der Waals surface area contributed by atoms with Gasteiger partial charge in [0.1, 0.15) is 0 Å². The zero-order valence-electron chi connectivity index (χ0n) is 14.8. The number of likely N-dealkylation sites (N-methyl/N-ethyl adjacent to an activating group) is 1. The van der Waals surface area contributed by atoms with Crippen molar-refractivity contribution in [3.8, 4) is 0 Å². The lowest BCUT2D eigenvalue weighted by molar-refractivity contribution is -0.137. The number of aryl methyl sites for hydroxylation is 1. The molecule has 0 saturated carbocycles. The number of nitrogens with zero attached hydrogens (tertiary/aromatic N) is 2. The van der Waals surface area contributed by atoms with E-state index < -0.39 is 0 Å². The number of carbonyl (C=O) groups is 2. The smallest absolute Gasteiger partial charge is 0.227 e. The predicted molar refractivity (Wildman–Crippen MR) is 95.6 cm³/mol. The molecule has 1 N–H and O–H groups in total. The molecule has 0 spiro atoms. The van der Waals surface area contributed by atoms with E-state index in [4.69, 9.17) is 0 Å². The second-order valence-electron chi connectivity index (χ2n) is 6.76. The molecule has 0 unspecified atom stereocenters. The first kappa shape index (κ1) is 18.5. The number of hydrogen-bond donors (Lipinski definition) is 1. The topological polar surface area (TPSA) is 52.7 Å². The van der Waals surface area contributed by atoms with Crippen LogP contribution in [0.25, 0.3) is 0 Å². The minimum absolute atomic E-state index is 0.0583. The van der Waals surface area contributed by atoms with Crippen LogP contribution in [-0.4, -0.2) is 61.9 Å². The maximum absolute atomic E-state index is 12.8. The molecule has 1 aliphatic heterocycles. The minimum Gasteiger partial charge on any atom is -0.355 e. The highest BCUT2D eigenvalue weighted by molar-refractivity contribution is 5.83. The van der Waals surface area contributed by atoms with E-state index in [1.807, 2.05) is 25.1 Å². The zero-order chi connectivity index (χ0) is 17.4. The highest BCUT2D eigenvalue weighted by Crippen LogP contribution is 2.15. The lowest BCUT2D eigenvalue weighted by atomic mass is 9.97. The highest BCUT2D eigenvalue weighted by Gasteiger charge is 2.28. The first-order valence-electron chi connectivity index (χ1n) is 8.80. The SMILES string of the molecule is CN(C)CCN(CCCc1ccccc1)C(=O)[C@@H]1CCC(=O)NC1. The lowest BCUT2D eigenvalue weighted by Crippen LogP contribution is -2.46. The maximum atomic E-state index is 12.8. The zero-order valence-corrected chi connectivity index (χ0v) is 14.8. The number of hydrogen-bond acceptors (Lipinski definition) is 3. The molecule has 1 aliphatic rings. The molecule has 1 aromatic carbocycles. The number of amides is 2. The average molecular weight is 331 g/mol. The standard InChI is InChI=1S/C19H29N3O2/c1-21(2)13-14-22(12-6-9-16-7-4-3-5-8-16)19(24)17-10-11-18(23)20-15-17/h3-5,7-8,17H,6,9-15H2,1-2H3,(H,20,23)/t17-/m1/s1. The van der Waals surface area contributed by atoms with Crippen LogP contribution in [0.1, 0.15) is 24.8 Å². The molecular weight excluding hydrogens is 302 g/mol. The monoisotopic (exact) mass is 331 g/mol. The summed E-state index contributed by atoms with van der Waals surface area (Å²) in [7, 11) is 4.04. The molecule has 0 radical (unpaired) electrons. The predicted octanol–water partition coefficient (Wildman–Crippen LogP) is 1.54. The van der Waals surface area contributed by atoms with Gasteiger partial charge in [-0.05, 0) is 38.9 Å². The molecule has 5 nitrogen and oxygen atoms in total. The van der Waals surface area contributed by atoms with E-state index in [-0.39, 0.29) is 17.7 Å². The molecule has 0 bridgehead atoms. The summed E-state index contributed by atoms with van der Waals surface area (Å²) in [6, 6.07) is 10.4. The van der Waals surface area contributed by atoms with Crippen molar-refractivity contribution >= 4 is 11.8 Å². The number of piperidine rings is 1. The molecule has 1 heterocycles. The van der Waals surface area contributed by atoms with Crippen molar-refractivity contribution in [2.45, 2.75) is 25.7 Å². The van der Waals surface area contributed by atoms with Crippen molar-refractivity contribution in [3.63, 3.8) is 0 Å². The molecule has 1 atom stereocenters. The number of carbonyl (C=O) groups excluding carboxylic acids is 2. The largest absolute Gasteiger partial charge is 0.355 e. The summed E-state index contributed by atoms with van der Waals surface area (Å²) in [6.07, 6.45) is 3.07. The van der Waals surface area contributed by atoms with Crippen LogP contribution in [0.5, 0.6) is 0 Å². The Hall–Kier alpha value is -1.88. The van der Waals surface area contributed by atoms with E-state index in [2.05, 4.69) is 34.5 Å². The van der Waals surface area contributed by atoms with Crippen LogP contribution < -0.4 is 5.32 Å². The van der Waals surface area contributed by atoms with Gasteiger partial charge in [-0.25, -0.2) is 0 Å². The van der Waals surface area contributed by atoms with Gasteiger partial charge in [0, 0.05) is 32.6 Å². The van der Waals surface area contributed by atoms with Crippen molar-refractivity contribution in [2.24, 2.45) is 5.92 Å². The van der Waals surface area contributed by atoms with Gasteiger partial charge in [0.05, 0.1) is 5.92 Å². The third-order valence-electron chi connectivity index (χ3n) is 4.48. The van der Waals surface area contributed by atoms with E-state index in [0.29, 0.717) is 19.4 Å². The lowest BCUT2D eigenvalue weighted by Gasteiger charge is -2.30. The maximum Gasteiger partial charge on any atom is 0.227 e. The molecule has 1 aromatic rings. The first-order chi connectivity index (χ1) is 11.6. The van der Waals surface area contributed by atoms with Crippen molar-refractivity contribution in [2.75, 3.05) is 40.3 Å². The number of nitrogens with one attached hydrogen (secondary N) is 1. The normalized spacial score (nSPS) is 17.6. The van der Waals surface area contributed by atoms with Gasteiger partial charge in [-0.2, -0.15) is 0 Å². The summed E-state index contributed by atoms with van der Waals surface area (Å²) in [5.74, 6) is 0.175. The Balaban J connectivity index is 1.88. The van der Waals surface area contributed by atoms with Crippen LogP contribution >= 0.6 is 0 Å². The fourth-order valence-corrected chi connectivity index (χ4v) is 2.97. The number of benzene rings is 1. The van der Waals surface area contributed by atoms with Crippen LogP contribution in [0.2, 0.25) is 0 Å². The van der Waals surface area contributed by atoms with E-state index in [9.17, 15) is 9.59 Å². The molecule has 0 aromatic heterocycles. The first-order valence-corrected chi connectivity index (χ1v) is 8.80. The van der Waals surface area contributed by atoms with Crippen LogP contribution in [-0.2, 0) is 16.0 Å².